The van der Waals surface area contributed by atoms with Crippen molar-refractivity contribution in [3.05, 3.63) is 16.1 Å². The zero-order valence-electron chi connectivity index (χ0n) is 7.21. The van der Waals surface area contributed by atoms with Gasteiger partial charge in [0.25, 0.3) is 0 Å². The zero-order valence-corrected chi connectivity index (χ0v) is 8.02. The van der Waals surface area contributed by atoms with Gasteiger partial charge in [-0.1, -0.05) is 0 Å². The van der Waals surface area contributed by atoms with E-state index in [-0.39, 0.29) is 0 Å². The van der Waals surface area contributed by atoms with Crippen LogP contribution in [0.25, 0.3) is 0 Å². The van der Waals surface area contributed by atoms with E-state index in [9.17, 15) is 0 Å². The number of hydrogen-bond donors (Lipinski definition) is 1. The van der Waals surface area contributed by atoms with Crippen molar-refractivity contribution in [2.24, 2.45) is 5.92 Å². The smallest absolute Gasteiger partial charge is 0.0546 e. The number of hydrogen-bond acceptors (Lipinski definition) is 3. The van der Waals surface area contributed by atoms with Crippen molar-refractivity contribution in [1.29, 1.82) is 0 Å². The maximum atomic E-state index is 9.01. The Bertz CT molecular complexity index is 282. The molecule has 12 heavy (non-hydrogen) atoms. The normalized spacial score (nSPS) is 22.3. The molecular formula is C9H13NOS. The monoisotopic (exact) mass is 183 g/mol. The molecule has 0 saturated carbocycles. The number of nitrogens with zero attached hydrogens (tertiary/aromatic N) is 1. The van der Waals surface area contributed by atoms with Gasteiger partial charge in [0, 0.05) is 11.5 Å². The van der Waals surface area contributed by atoms with E-state index in [0.29, 0.717) is 12.5 Å². The van der Waals surface area contributed by atoms with Crippen LogP contribution in [-0.2, 0) is 12.8 Å². The minimum absolute atomic E-state index is 0.330. The van der Waals surface area contributed by atoms with E-state index in [1.54, 1.807) is 11.5 Å². The molecule has 0 fully saturated rings. The van der Waals surface area contributed by atoms with Crippen LogP contribution in [0.2, 0.25) is 0 Å². The molecule has 1 aromatic heterocycles. The van der Waals surface area contributed by atoms with Gasteiger partial charge < -0.3 is 5.11 Å². The summed E-state index contributed by atoms with van der Waals surface area (Å²) in [6, 6.07) is 0. The summed E-state index contributed by atoms with van der Waals surface area (Å²) in [5.74, 6) is 0.484. The Balaban J connectivity index is 2.24. The van der Waals surface area contributed by atoms with Crippen LogP contribution in [0.3, 0.4) is 0 Å². The molecule has 1 aliphatic rings. The molecule has 0 aromatic carbocycles. The van der Waals surface area contributed by atoms with E-state index < -0.39 is 0 Å². The summed E-state index contributed by atoms with van der Waals surface area (Å²) < 4.78 is 4.33. The second kappa shape index (κ2) is 3.15. The lowest BCUT2D eigenvalue weighted by atomic mass is 9.89. The molecule has 0 bridgehead atoms. The summed E-state index contributed by atoms with van der Waals surface area (Å²) in [5, 5.41) is 9.01. The molecule has 2 rings (SSSR count). The van der Waals surface area contributed by atoms with Gasteiger partial charge in [-0.25, -0.2) is 0 Å². The summed E-state index contributed by atoms with van der Waals surface area (Å²) in [5.41, 5.74) is 2.65. The highest BCUT2D eigenvalue weighted by atomic mass is 32.1. The molecule has 0 radical (unpaired) electrons. The molecule has 1 aromatic rings. The molecule has 1 atom stereocenters. The molecule has 0 spiro atoms. The van der Waals surface area contributed by atoms with Gasteiger partial charge in [-0.2, -0.15) is 4.37 Å². The van der Waals surface area contributed by atoms with Crippen molar-refractivity contribution in [2.75, 3.05) is 6.61 Å². The standard InChI is InChI=1S/C9H13NOS/c1-6-8-3-2-7(5-11)4-9(8)12-10-6/h7,11H,2-5H2,1H3. The molecule has 1 aliphatic carbocycles. The van der Waals surface area contributed by atoms with Crippen LogP contribution < -0.4 is 0 Å². The predicted molar refractivity (Wildman–Crippen MR) is 49.5 cm³/mol. The van der Waals surface area contributed by atoms with E-state index in [4.69, 9.17) is 5.11 Å². The largest absolute Gasteiger partial charge is 0.396 e. The van der Waals surface area contributed by atoms with Crippen LogP contribution in [-0.4, -0.2) is 16.1 Å². The van der Waals surface area contributed by atoms with Gasteiger partial charge in [-0.05, 0) is 49.2 Å². The SMILES string of the molecule is Cc1nsc2c1CCC(CO)C2. The van der Waals surface area contributed by atoms with Crippen LogP contribution in [0.15, 0.2) is 0 Å². The first-order chi connectivity index (χ1) is 5.81. The first-order valence-electron chi connectivity index (χ1n) is 4.36. The minimum atomic E-state index is 0.330. The average Bonchev–Trinajstić information content (AvgIpc) is 2.47. The van der Waals surface area contributed by atoms with Crippen molar-refractivity contribution in [3.8, 4) is 0 Å². The second-order valence-corrected chi connectivity index (χ2v) is 4.32. The van der Waals surface area contributed by atoms with Crippen molar-refractivity contribution >= 4 is 11.5 Å². The topological polar surface area (TPSA) is 33.1 Å². The molecule has 3 heteroatoms. The van der Waals surface area contributed by atoms with Gasteiger partial charge in [0.2, 0.25) is 0 Å². The second-order valence-electron chi connectivity index (χ2n) is 3.46. The molecule has 1 heterocycles. The number of aryl methyl sites for hydroxylation is 1. The quantitative estimate of drug-likeness (QED) is 0.716. The number of aromatic nitrogens is 1. The summed E-state index contributed by atoms with van der Waals surface area (Å²) >= 11 is 1.61. The fourth-order valence-electron chi connectivity index (χ4n) is 1.78. The van der Waals surface area contributed by atoms with E-state index in [0.717, 1.165) is 19.3 Å². The fourth-order valence-corrected chi connectivity index (χ4v) is 2.81. The van der Waals surface area contributed by atoms with Gasteiger partial charge in [0.15, 0.2) is 0 Å². The van der Waals surface area contributed by atoms with Gasteiger partial charge in [-0.15, -0.1) is 0 Å². The maximum Gasteiger partial charge on any atom is 0.0546 e. The first kappa shape index (κ1) is 8.20. The van der Waals surface area contributed by atoms with Gasteiger partial charge in [-0.3, -0.25) is 0 Å². The molecule has 1 unspecified atom stereocenters. The van der Waals surface area contributed by atoms with Crippen LogP contribution in [0.5, 0.6) is 0 Å². The van der Waals surface area contributed by atoms with Gasteiger partial charge >= 0.3 is 0 Å². The van der Waals surface area contributed by atoms with Gasteiger partial charge in [0.05, 0.1) is 5.69 Å². The predicted octanol–water partition coefficient (Wildman–Crippen LogP) is 1.55. The Morgan fingerprint density at radius 3 is 3.25 bits per heavy atom. The highest BCUT2D eigenvalue weighted by Crippen LogP contribution is 2.30. The minimum Gasteiger partial charge on any atom is -0.396 e. The highest BCUT2D eigenvalue weighted by molar-refractivity contribution is 7.06. The zero-order chi connectivity index (χ0) is 8.55. The molecule has 66 valence electrons. The number of aliphatic hydroxyl groups excluding tert-OH is 1. The Hall–Kier alpha value is -0.410. The fraction of sp³-hybridized carbons (Fsp3) is 0.667. The van der Waals surface area contributed by atoms with Crippen LogP contribution >= 0.6 is 11.5 Å². The Labute approximate surface area is 76.4 Å². The van der Waals surface area contributed by atoms with Gasteiger partial charge in [0.1, 0.15) is 0 Å². The lowest BCUT2D eigenvalue weighted by Gasteiger charge is -2.19. The third kappa shape index (κ3) is 1.27. The molecule has 1 N–H and O–H groups in total. The maximum absolute atomic E-state index is 9.01. The summed E-state index contributed by atoms with van der Waals surface area (Å²) in [6.45, 7) is 2.41. The van der Waals surface area contributed by atoms with E-state index in [1.165, 1.54) is 16.1 Å². The molecule has 2 nitrogen and oxygen atoms in total. The first-order valence-corrected chi connectivity index (χ1v) is 5.13. The Morgan fingerprint density at radius 2 is 2.50 bits per heavy atom. The Morgan fingerprint density at radius 1 is 1.67 bits per heavy atom. The average molecular weight is 183 g/mol. The summed E-state index contributed by atoms with van der Waals surface area (Å²) in [4.78, 5) is 1.40. The number of fused-ring (bicyclic) bond motifs is 1. The van der Waals surface area contributed by atoms with Crippen LogP contribution in [0.1, 0.15) is 22.6 Å². The Kier molecular flexibility index (Phi) is 2.15. The highest BCUT2D eigenvalue weighted by Gasteiger charge is 2.21. The number of rotatable bonds is 1. The summed E-state index contributed by atoms with van der Waals surface area (Å²) in [6.07, 6.45) is 3.28. The van der Waals surface area contributed by atoms with E-state index in [2.05, 4.69) is 11.3 Å². The molecule has 0 saturated heterocycles. The third-order valence-corrected chi connectivity index (χ3v) is 3.60. The van der Waals surface area contributed by atoms with Crippen molar-refractivity contribution in [3.63, 3.8) is 0 Å². The summed E-state index contributed by atoms with van der Waals surface area (Å²) in [7, 11) is 0. The lowest BCUT2D eigenvalue weighted by Crippen LogP contribution is -2.16. The van der Waals surface area contributed by atoms with Crippen molar-refractivity contribution in [1.82, 2.24) is 4.37 Å². The molecule has 0 aliphatic heterocycles. The molecule has 0 amide bonds. The van der Waals surface area contributed by atoms with E-state index in [1.807, 2.05) is 0 Å². The number of aliphatic hydroxyl groups is 1. The van der Waals surface area contributed by atoms with E-state index >= 15 is 0 Å². The van der Waals surface area contributed by atoms with Crippen LogP contribution in [0.4, 0.5) is 0 Å². The third-order valence-electron chi connectivity index (χ3n) is 2.60. The lowest BCUT2D eigenvalue weighted by molar-refractivity contribution is 0.214. The molecular weight excluding hydrogens is 170 g/mol. The van der Waals surface area contributed by atoms with Crippen molar-refractivity contribution < 1.29 is 5.11 Å². The van der Waals surface area contributed by atoms with Crippen LogP contribution in [0, 0.1) is 12.8 Å². The van der Waals surface area contributed by atoms with Crippen molar-refractivity contribution in [2.45, 2.75) is 26.2 Å².